The van der Waals surface area contributed by atoms with Gasteiger partial charge in [0.1, 0.15) is 6.61 Å². The minimum absolute atomic E-state index is 0.0655. The highest BCUT2D eigenvalue weighted by atomic mass is 16.5. The first-order chi connectivity index (χ1) is 16.5. The number of primary amides is 1. The van der Waals surface area contributed by atoms with E-state index in [4.69, 9.17) is 16.2 Å². The number of carbonyl (C=O) groups is 3. The van der Waals surface area contributed by atoms with Crippen LogP contribution >= 0.6 is 0 Å². The van der Waals surface area contributed by atoms with Gasteiger partial charge in [0.25, 0.3) is 0 Å². The van der Waals surface area contributed by atoms with E-state index in [1.807, 2.05) is 0 Å². The maximum absolute atomic E-state index is 12.5. The number of carbonyl (C=O) groups excluding carboxylic acids is 3. The van der Waals surface area contributed by atoms with E-state index < -0.39 is 17.6 Å². The van der Waals surface area contributed by atoms with Crippen LogP contribution in [0.15, 0.2) is 11.6 Å². The van der Waals surface area contributed by atoms with Crippen molar-refractivity contribution < 1.29 is 24.2 Å². The number of ether oxygens (including phenoxy) is 1. The van der Waals surface area contributed by atoms with Crippen LogP contribution in [-0.4, -0.2) is 47.2 Å². The van der Waals surface area contributed by atoms with Gasteiger partial charge in [-0.3, -0.25) is 9.59 Å². The van der Waals surface area contributed by atoms with Crippen LogP contribution in [0.25, 0.3) is 0 Å². The predicted octanol–water partition coefficient (Wildman–Crippen LogP) is 1.93. The molecule has 1 heterocycles. The molecule has 194 valence electrons. The second-order valence-corrected chi connectivity index (χ2v) is 12.5. The Morgan fingerprint density at radius 3 is 2.60 bits per heavy atom. The largest absolute Gasteiger partial charge is 0.458 e. The number of amides is 2. The highest BCUT2D eigenvalue weighted by Crippen LogP contribution is 2.69. The average molecular weight is 488 g/mol. The Morgan fingerprint density at radius 1 is 1.14 bits per heavy atom. The van der Waals surface area contributed by atoms with Crippen molar-refractivity contribution in [2.45, 2.75) is 95.7 Å². The van der Waals surface area contributed by atoms with Gasteiger partial charge in [-0.05, 0) is 92.4 Å². The molecule has 1 aliphatic heterocycles. The lowest BCUT2D eigenvalue weighted by Crippen LogP contribution is -2.63. The molecule has 35 heavy (non-hydrogen) atoms. The van der Waals surface area contributed by atoms with E-state index in [0.29, 0.717) is 18.4 Å². The smallest absolute Gasteiger partial charge is 0.331 e. The number of cyclic esters (lactones) is 1. The maximum atomic E-state index is 12.5. The van der Waals surface area contributed by atoms with Crippen LogP contribution in [0.3, 0.4) is 0 Å². The number of hydrogen-bond acceptors (Lipinski definition) is 6. The van der Waals surface area contributed by atoms with Crippen LogP contribution < -0.4 is 16.8 Å². The number of fused-ring (bicyclic) bond motifs is 5. The van der Waals surface area contributed by atoms with Crippen molar-refractivity contribution >= 4 is 17.8 Å². The van der Waals surface area contributed by atoms with Crippen LogP contribution in [-0.2, 0) is 19.1 Å². The summed E-state index contributed by atoms with van der Waals surface area (Å²) in [7, 11) is 0. The number of nitrogens with two attached hydrogens (primary N) is 2. The van der Waals surface area contributed by atoms with Gasteiger partial charge < -0.3 is 26.6 Å². The molecule has 5 rings (SSSR count). The Balaban J connectivity index is 1.29. The zero-order valence-electron chi connectivity index (χ0n) is 21.1. The van der Waals surface area contributed by atoms with Crippen molar-refractivity contribution in [2.75, 3.05) is 6.61 Å². The molecule has 0 spiro atoms. The van der Waals surface area contributed by atoms with E-state index in [9.17, 15) is 19.5 Å². The second-order valence-electron chi connectivity index (χ2n) is 12.5. The number of hydrogen-bond donors (Lipinski definition) is 4. The van der Waals surface area contributed by atoms with Gasteiger partial charge in [-0.2, -0.15) is 0 Å². The molecule has 0 saturated heterocycles. The number of esters is 1. The van der Waals surface area contributed by atoms with Crippen LogP contribution in [0, 0.1) is 34.5 Å². The lowest BCUT2D eigenvalue weighted by molar-refractivity contribution is -0.205. The highest BCUT2D eigenvalue weighted by Gasteiger charge is 2.67. The predicted molar refractivity (Wildman–Crippen MR) is 129 cm³/mol. The summed E-state index contributed by atoms with van der Waals surface area (Å²) in [4.78, 5) is 35.3. The van der Waals surface area contributed by atoms with Crippen LogP contribution in [0.4, 0.5) is 0 Å². The molecular formula is C27H41N3O5. The van der Waals surface area contributed by atoms with Gasteiger partial charge in [-0.15, -0.1) is 0 Å². The summed E-state index contributed by atoms with van der Waals surface area (Å²) in [6.07, 6.45) is 10.1. The molecule has 2 amide bonds. The monoisotopic (exact) mass is 487 g/mol. The van der Waals surface area contributed by atoms with Crippen LogP contribution in [0.5, 0.6) is 0 Å². The van der Waals surface area contributed by atoms with Gasteiger partial charge in [0.05, 0.1) is 18.1 Å². The molecule has 8 nitrogen and oxygen atoms in total. The number of aliphatic hydroxyl groups is 1. The van der Waals surface area contributed by atoms with Crippen LogP contribution in [0.2, 0.25) is 0 Å². The van der Waals surface area contributed by atoms with Gasteiger partial charge in [0.15, 0.2) is 0 Å². The molecule has 0 unspecified atom stereocenters. The first-order valence-electron chi connectivity index (χ1n) is 13.4. The summed E-state index contributed by atoms with van der Waals surface area (Å²) in [6.45, 7) is 5.04. The molecule has 0 aromatic carbocycles. The van der Waals surface area contributed by atoms with E-state index in [2.05, 4.69) is 19.2 Å². The third-order valence-electron chi connectivity index (χ3n) is 11.1. The molecule has 4 saturated carbocycles. The fourth-order valence-corrected chi connectivity index (χ4v) is 9.16. The molecule has 0 bridgehead atoms. The first-order valence-corrected chi connectivity index (χ1v) is 13.4. The average Bonchev–Trinajstić information content (AvgIpc) is 3.33. The molecule has 4 fully saturated rings. The molecule has 0 aromatic heterocycles. The Hall–Kier alpha value is -1.93. The summed E-state index contributed by atoms with van der Waals surface area (Å²) in [5.74, 6) is 0.310. The van der Waals surface area contributed by atoms with E-state index >= 15 is 0 Å². The maximum Gasteiger partial charge on any atom is 0.331 e. The topological polar surface area (TPSA) is 145 Å². The molecule has 5 aliphatic rings. The fourth-order valence-electron chi connectivity index (χ4n) is 9.16. The third-order valence-corrected chi connectivity index (χ3v) is 11.1. The number of rotatable bonds is 5. The summed E-state index contributed by atoms with van der Waals surface area (Å²) in [5.41, 5.74) is 11.3. The van der Waals surface area contributed by atoms with Gasteiger partial charge in [-0.25, -0.2) is 4.79 Å². The fraction of sp³-hybridized carbons (Fsp3) is 0.815. The standard InChI is InChI=1S/C27H41N3O5/c1-25-8-5-17(30-24(33)21(28)13-22(29)31)12-16(25)3-4-20-19(25)6-9-26(2)18(7-10-27(20,26)34)15-11-23(32)35-14-15/h11,16-21,34H,3-10,12-14,28H2,1-2H3,(H2,29,31)(H,30,33)/t16-,17-,18-,19-,20-,21-,25-,26-,27-/m1/s1. The van der Waals surface area contributed by atoms with E-state index in [-0.39, 0.29) is 47.0 Å². The second kappa shape index (κ2) is 8.58. The summed E-state index contributed by atoms with van der Waals surface area (Å²) >= 11 is 0. The molecular weight excluding hydrogens is 446 g/mol. The van der Waals surface area contributed by atoms with Gasteiger partial charge in [0, 0.05) is 17.5 Å². The molecule has 9 atom stereocenters. The Kier molecular flexibility index (Phi) is 6.07. The third kappa shape index (κ3) is 3.82. The summed E-state index contributed by atoms with van der Waals surface area (Å²) in [6, 6.07) is -0.830. The Morgan fingerprint density at radius 2 is 1.91 bits per heavy atom. The van der Waals surface area contributed by atoms with Crippen LogP contribution in [0.1, 0.15) is 78.1 Å². The molecule has 8 heteroatoms. The molecule has 4 aliphatic carbocycles. The van der Waals surface area contributed by atoms with Crippen molar-refractivity contribution in [1.29, 1.82) is 0 Å². The molecule has 0 aromatic rings. The molecule has 6 N–H and O–H groups in total. The highest BCUT2D eigenvalue weighted by molar-refractivity contribution is 5.87. The van der Waals surface area contributed by atoms with Crippen molar-refractivity contribution in [3.8, 4) is 0 Å². The quantitative estimate of drug-likeness (QED) is 0.436. The van der Waals surface area contributed by atoms with Gasteiger partial charge in [0.2, 0.25) is 11.8 Å². The minimum atomic E-state index is -0.896. The van der Waals surface area contributed by atoms with Gasteiger partial charge in [-0.1, -0.05) is 13.8 Å². The summed E-state index contributed by atoms with van der Waals surface area (Å²) < 4.78 is 5.23. The number of nitrogens with one attached hydrogen (secondary N) is 1. The zero-order valence-corrected chi connectivity index (χ0v) is 21.1. The van der Waals surface area contributed by atoms with Crippen molar-refractivity contribution in [2.24, 2.45) is 46.0 Å². The van der Waals surface area contributed by atoms with E-state index in [1.54, 1.807) is 6.08 Å². The van der Waals surface area contributed by atoms with Crippen molar-refractivity contribution in [3.63, 3.8) is 0 Å². The SMILES string of the molecule is C[C@@]12CC[C@@H](NC(=O)[C@H](N)CC(N)=O)C[C@H]1CC[C@@H]1[C@H]2CC[C@]2(C)[C@@H](C3=CC(=O)OC3)CC[C@@]12O. The van der Waals surface area contributed by atoms with E-state index in [1.165, 1.54) is 0 Å². The lowest BCUT2D eigenvalue weighted by Gasteiger charge is -2.64. The van der Waals surface area contributed by atoms with Gasteiger partial charge >= 0.3 is 5.97 Å². The van der Waals surface area contributed by atoms with Crippen molar-refractivity contribution in [3.05, 3.63) is 11.6 Å². The molecule has 0 radical (unpaired) electrons. The minimum Gasteiger partial charge on any atom is -0.458 e. The zero-order chi connectivity index (χ0) is 25.2. The Labute approximate surface area is 207 Å². The Bertz CT molecular complexity index is 951. The lowest BCUT2D eigenvalue weighted by atomic mass is 9.43. The summed E-state index contributed by atoms with van der Waals surface area (Å²) in [5, 5.41) is 15.4. The van der Waals surface area contributed by atoms with Crippen molar-refractivity contribution in [1.82, 2.24) is 5.32 Å². The first kappa shape index (κ1) is 24.8. The van der Waals surface area contributed by atoms with E-state index in [0.717, 1.165) is 63.4 Å². The normalized spacial score (nSPS) is 45.4.